The Balaban J connectivity index is 0.000000224. The molecular weight excluding hydrogens is 574 g/mol. The van der Waals surface area contributed by atoms with Crippen molar-refractivity contribution in [2.45, 2.75) is 19.9 Å². The minimum absolute atomic E-state index is 0.00809. The molecule has 14 heteroatoms. The first-order valence-corrected chi connectivity index (χ1v) is 12.2. The smallest absolute Gasteiger partial charge is 0.358 e. The second kappa shape index (κ2) is 12.8. The Labute approximate surface area is 237 Å². The molecule has 0 aliphatic carbocycles. The molecule has 1 unspecified atom stereocenters. The van der Waals surface area contributed by atoms with Gasteiger partial charge in [-0.1, -0.05) is 29.3 Å². The molecule has 0 amide bonds. The van der Waals surface area contributed by atoms with Crippen LogP contribution in [0.15, 0.2) is 37.1 Å². The standard InChI is InChI=1S/C15H11ClFN3O2.C10H11Cl2N3O2/c1-7-6-18-14-11(7)12(15(21)22-2)19-13(20-14)8-3-4-9(16)10(17)5-8;1-4-5(2)13-8-6(11)7(9(16)17-3)14-10(12)15-8/h3-6H,1-2H3,(H,18,19,20);4-5H,1H2,2-3H3,(H,13,14,15). The zero-order valence-electron chi connectivity index (χ0n) is 21.1. The first-order valence-electron chi connectivity index (χ1n) is 11.1. The third-order valence-electron chi connectivity index (χ3n) is 5.21. The number of ether oxygens (including phenoxy) is 2. The van der Waals surface area contributed by atoms with Gasteiger partial charge in [-0.25, -0.2) is 28.9 Å². The number of rotatable bonds is 6. The van der Waals surface area contributed by atoms with Gasteiger partial charge in [0.05, 0.1) is 24.6 Å². The van der Waals surface area contributed by atoms with E-state index in [9.17, 15) is 14.0 Å². The van der Waals surface area contributed by atoms with Gasteiger partial charge in [-0.3, -0.25) is 0 Å². The average Bonchev–Trinajstić information content (AvgIpc) is 3.31. The Morgan fingerprint density at radius 2 is 1.74 bits per heavy atom. The van der Waals surface area contributed by atoms with Crippen LogP contribution in [0.25, 0.3) is 22.4 Å². The Kier molecular flexibility index (Phi) is 9.79. The number of aromatic nitrogens is 5. The molecular formula is C25H22Cl3FN6O4. The van der Waals surface area contributed by atoms with Crippen LogP contribution >= 0.6 is 34.8 Å². The van der Waals surface area contributed by atoms with E-state index in [0.717, 1.165) is 5.56 Å². The zero-order valence-corrected chi connectivity index (χ0v) is 23.4. The number of benzene rings is 1. The van der Waals surface area contributed by atoms with E-state index in [1.165, 1.54) is 26.4 Å². The van der Waals surface area contributed by atoms with Crippen molar-refractivity contribution in [1.29, 1.82) is 0 Å². The van der Waals surface area contributed by atoms with Crippen LogP contribution in [-0.2, 0) is 9.47 Å². The second-order valence-electron chi connectivity index (χ2n) is 7.88. The minimum atomic E-state index is -0.673. The molecule has 4 rings (SSSR count). The van der Waals surface area contributed by atoms with Gasteiger partial charge in [-0.2, -0.15) is 4.98 Å². The van der Waals surface area contributed by atoms with Gasteiger partial charge in [-0.05, 0) is 49.2 Å². The number of H-pyrrole nitrogens is 1. The number of carbonyl (C=O) groups excluding carboxylic acids is 2. The third kappa shape index (κ3) is 6.80. The van der Waals surface area contributed by atoms with Crippen LogP contribution in [-0.4, -0.2) is 57.1 Å². The maximum Gasteiger partial charge on any atom is 0.358 e. The summed E-state index contributed by atoms with van der Waals surface area (Å²) in [5.74, 6) is -1.35. The lowest BCUT2D eigenvalue weighted by molar-refractivity contribution is 0.0586. The molecule has 4 aromatic rings. The SMILES string of the molecule is C=CC(C)Nc1nc(Cl)nc(C(=O)OC)c1Cl.COC(=O)c1nc(-c2ccc(Cl)c(F)c2)nc2[nH]cc(C)c12. The average molecular weight is 596 g/mol. The van der Waals surface area contributed by atoms with E-state index in [2.05, 4.69) is 41.6 Å². The van der Waals surface area contributed by atoms with E-state index in [-0.39, 0.29) is 44.4 Å². The van der Waals surface area contributed by atoms with Crippen LogP contribution in [0.3, 0.4) is 0 Å². The lowest BCUT2D eigenvalue weighted by Crippen LogP contribution is -2.15. The number of anilines is 1. The number of hydrogen-bond acceptors (Lipinski definition) is 9. The molecule has 0 spiro atoms. The molecule has 3 heterocycles. The fraction of sp³-hybridized carbons (Fsp3) is 0.200. The van der Waals surface area contributed by atoms with Gasteiger partial charge in [0, 0.05) is 17.8 Å². The first-order chi connectivity index (χ1) is 18.5. The molecule has 0 aliphatic heterocycles. The number of aryl methyl sites for hydroxylation is 1. The molecule has 0 saturated heterocycles. The van der Waals surface area contributed by atoms with Crippen LogP contribution in [0.1, 0.15) is 33.5 Å². The van der Waals surface area contributed by atoms with Gasteiger partial charge >= 0.3 is 11.9 Å². The molecule has 0 radical (unpaired) electrons. The van der Waals surface area contributed by atoms with E-state index in [1.54, 1.807) is 18.3 Å². The number of methoxy groups -OCH3 is 2. The Hall–Kier alpha value is -3.80. The van der Waals surface area contributed by atoms with Crippen LogP contribution in [0.4, 0.5) is 10.2 Å². The number of aromatic amines is 1. The summed E-state index contributed by atoms with van der Waals surface area (Å²) in [6.45, 7) is 7.28. The molecule has 204 valence electrons. The highest BCUT2D eigenvalue weighted by atomic mass is 35.5. The molecule has 0 bridgehead atoms. The molecule has 1 aromatic carbocycles. The lowest BCUT2D eigenvalue weighted by Gasteiger charge is -2.12. The largest absolute Gasteiger partial charge is 0.464 e. The van der Waals surface area contributed by atoms with Gasteiger partial charge in [0.2, 0.25) is 5.28 Å². The number of hydrogen-bond donors (Lipinski definition) is 2. The van der Waals surface area contributed by atoms with Gasteiger partial charge in [0.1, 0.15) is 16.5 Å². The monoisotopic (exact) mass is 594 g/mol. The predicted molar refractivity (Wildman–Crippen MR) is 147 cm³/mol. The fourth-order valence-electron chi connectivity index (χ4n) is 3.22. The molecule has 1 atom stereocenters. The van der Waals surface area contributed by atoms with Crippen LogP contribution in [0, 0.1) is 12.7 Å². The van der Waals surface area contributed by atoms with Crippen molar-refractivity contribution in [1.82, 2.24) is 24.9 Å². The number of halogens is 4. The first kappa shape index (κ1) is 29.8. The second-order valence-corrected chi connectivity index (χ2v) is 9.00. The summed E-state index contributed by atoms with van der Waals surface area (Å²) in [5, 5.41) is 3.50. The van der Waals surface area contributed by atoms with Gasteiger partial charge < -0.3 is 19.8 Å². The molecule has 2 N–H and O–H groups in total. The summed E-state index contributed by atoms with van der Waals surface area (Å²) in [6.07, 6.45) is 3.38. The summed E-state index contributed by atoms with van der Waals surface area (Å²) in [5.41, 5.74) is 1.79. The van der Waals surface area contributed by atoms with Crippen molar-refractivity contribution in [2.24, 2.45) is 0 Å². The number of nitrogens with one attached hydrogen (secondary N) is 2. The Morgan fingerprint density at radius 3 is 2.36 bits per heavy atom. The van der Waals surface area contributed by atoms with Gasteiger partial charge in [0.25, 0.3) is 0 Å². The fourth-order valence-corrected chi connectivity index (χ4v) is 3.72. The summed E-state index contributed by atoms with van der Waals surface area (Å²) in [7, 11) is 2.51. The molecule has 0 saturated carbocycles. The summed E-state index contributed by atoms with van der Waals surface area (Å²) in [4.78, 5) is 42.5. The third-order valence-corrected chi connectivity index (χ3v) is 6.04. The van der Waals surface area contributed by atoms with E-state index in [0.29, 0.717) is 16.6 Å². The highest BCUT2D eigenvalue weighted by Crippen LogP contribution is 2.27. The van der Waals surface area contributed by atoms with Gasteiger partial charge in [-0.15, -0.1) is 6.58 Å². The number of fused-ring (bicyclic) bond motifs is 1. The van der Waals surface area contributed by atoms with Crippen molar-refractivity contribution in [3.8, 4) is 11.4 Å². The van der Waals surface area contributed by atoms with Crippen molar-refractivity contribution in [2.75, 3.05) is 19.5 Å². The number of carbonyl (C=O) groups is 2. The molecule has 0 aliphatic rings. The summed E-state index contributed by atoms with van der Waals surface area (Å²) >= 11 is 17.3. The van der Waals surface area contributed by atoms with E-state index >= 15 is 0 Å². The topological polar surface area (TPSA) is 132 Å². The van der Waals surface area contributed by atoms with Crippen molar-refractivity contribution in [3.05, 3.63) is 75.1 Å². The number of nitrogens with zero attached hydrogens (tertiary/aromatic N) is 4. The lowest BCUT2D eigenvalue weighted by atomic mass is 10.1. The van der Waals surface area contributed by atoms with Crippen LogP contribution in [0.5, 0.6) is 0 Å². The summed E-state index contributed by atoms with van der Waals surface area (Å²) < 4.78 is 22.9. The molecule has 3 aromatic heterocycles. The van der Waals surface area contributed by atoms with E-state index in [4.69, 9.17) is 39.5 Å². The van der Waals surface area contributed by atoms with Crippen LogP contribution < -0.4 is 5.32 Å². The Morgan fingerprint density at radius 1 is 1.08 bits per heavy atom. The zero-order chi connectivity index (χ0) is 28.9. The maximum absolute atomic E-state index is 13.6. The van der Waals surface area contributed by atoms with Gasteiger partial charge in [0.15, 0.2) is 23.0 Å². The Bertz CT molecular complexity index is 1560. The minimum Gasteiger partial charge on any atom is -0.464 e. The maximum atomic E-state index is 13.6. The number of esters is 2. The van der Waals surface area contributed by atoms with Crippen molar-refractivity contribution in [3.63, 3.8) is 0 Å². The quantitative estimate of drug-likeness (QED) is 0.155. The van der Waals surface area contributed by atoms with Crippen molar-refractivity contribution >= 4 is 63.6 Å². The van der Waals surface area contributed by atoms with Crippen LogP contribution in [0.2, 0.25) is 15.3 Å². The molecule has 0 fully saturated rings. The van der Waals surface area contributed by atoms with E-state index < -0.39 is 17.8 Å². The molecule has 39 heavy (non-hydrogen) atoms. The normalized spacial score (nSPS) is 11.3. The molecule has 10 nitrogen and oxygen atoms in total. The van der Waals surface area contributed by atoms with E-state index in [1.807, 2.05) is 13.8 Å². The highest BCUT2D eigenvalue weighted by Gasteiger charge is 2.20. The predicted octanol–water partition coefficient (Wildman–Crippen LogP) is 6.07. The summed E-state index contributed by atoms with van der Waals surface area (Å²) in [6, 6.07) is 4.14. The highest BCUT2D eigenvalue weighted by molar-refractivity contribution is 6.36. The van der Waals surface area contributed by atoms with Crippen molar-refractivity contribution < 1.29 is 23.5 Å².